The Hall–Kier alpha value is -0.520. The maximum Gasteiger partial charge on any atom is 0.0846 e. The molecule has 13 heteroatoms. The standard InChI is InChI=1S/C32H66O13/c1-3-4-5-6-7-8-11-44-45-12-9-32(2)43-31-30-42-29-28-41-27-26-40-25-24-39-23-22-38-21-20-37-19-18-36-17-16-35-15-14-34-13-10-33/h32-33H,3-31H2,1-2H3. The van der Waals surface area contributed by atoms with Crippen LogP contribution in [0.1, 0.15) is 58.8 Å². The van der Waals surface area contributed by atoms with Crippen LogP contribution in [0.25, 0.3) is 0 Å². The molecule has 0 heterocycles. The largest absolute Gasteiger partial charge is 0.394 e. The quantitative estimate of drug-likeness (QED) is 0.0587. The molecule has 0 aliphatic carbocycles. The van der Waals surface area contributed by atoms with Gasteiger partial charge < -0.3 is 52.5 Å². The van der Waals surface area contributed by atoms with Gasteiger partial charge in [-0.2, -0.15) is 0 Å². The first-order valence-electron chi connectivity index (χ1n) is 17.0. The first kappa shape index (κ1) is 44.5. The highest BCUT2D eigenvalue weighted by Gasteiger charge is 2.03. The van der Waals surface area contributed by atoms with Crippen molar-refractivity contribution in [2.24, 2.45) is 0 Å². The highest BCUT2D eigenvalue weighted by molar-refractivity contribution is 4.48. The second-order valence-corrected chi connectivity index (χ2v) is 10.1. The molecule has 0 spiro atoms. The minimum Gasteiger partial charge on any atom is -0.394 e. The van der Waals surface area contributed by atoms with Gasteiger partial charge in [0.25, 0.3) is 0 Å². The number of aliphatic hydroxyl groups excluding tert-OH is 1. The number of ether oxygens (including phenoxy) is 10. The summed E-state index contributed by atoms with van der Waals surface area (Å²) < 4.78 is 54.5. The Morgan fingerprint density at radius 3 is 1.11 bits per heavy atom. The molecule has 13 nitrogen and oxygen atoms in total. The number of hydrogen-bond donors (Lipinski definition) is 1. The monoisotopic (exact) mass is 658 g/mol. The molecule has 0 rings (SSSR count). The summed E-state index contributed by atoms with van der Waals surface area (Å²) in [7, 11) is 0. The van der Waals surface area contributed by atoms with E-state index in [1.165, 1.54) is 32.1 Å². The summed E-state index contributed by atoms with van der Waals surface area (Å²) in [4.78, 5) is 10.5. The summed E-state index contributed by atoms with van der Waals surface area (Å²) in [5, 5.41) is 8.58. The molecule has 0 aromatic carbocycles. The van der Waals surface area contributed by atoms with Crippen molar-refractivity contribution in [1.29, 1.82) is 0 Å². The van der Waals surface area contributed by atoms with Crippen LogP contribution in [0.3, 0.4) is 0 Å². The summed E-state index contributed by atoms with van der Waals surface area (Å²) in [6.07, 6.45) is 8.33. The first-order chi connectivity index (χ1) is 22.3. The molecule has 0 amide bonds. The van der Waals surface area contributed by atoms with Gasteiger partial charge in [0.2, 0.25) is 0 Å². The lowest BCUT2D eigenvalue weighted by Gasteiger charge is -2.13. The van der Waals surface area contributed by atoms with E-state index < -0.39 is 0 Å². The zero-order valence-electron chi connectivity index (χ0n) is 28.4. The van der Waals surface area contributed by atoms with E-state index in [4.69, 9.17) is 62.3 Å². The lowest BCUT2D eigenvalue weighted by Crippen LogP contribution is -2.17. The fourth-order valence-electron chi connectivity index (χ4n) is 3.59. The highest BCUT2D eigenvalue weighted by Crippen LogP contribution is 2.05. The fourth-order valence-corrected chi connectivity index (χ4v) is 3.59. The third-order valence-corrected chi connectivity index (χ3v) is 6.11. The average molecular weight is 659 g/mol. The van der Waals surface area contributed by atoms with Crippen molar-refractivity contribution in [3.05, 3.63) is 0 Å². The van der Waals surface area contributed by atoms with Crippen LogP contribution in [0.4, 0.5) is 0 Å². The zero-order chi connectivity index (χ0) is 32.6. The van der Waals surface area contributed by atoms with E-state index >= 15 is 0 Å². The van der Waals surface area contributed by atoms with Gasteiger partial charge in [-0.25, -0.2) is 9.78 Å². The molecule has 0 aliphatic rings. The lowest BCUT2D eigenvalue weighted by atomic mass is 10.1. The van der Waals surface area contributed by atoms with Gasteiger partial charge in [0.1, 0.15) is 0 Å². The SMILES string of the molecule is CCCCCCCCOOCCC(C)OCCOCCOCCOCCOCCOCCOCCOCCOCCOCCO. The van der Waals surface area contributed by atoms with Crippen LogP contribution in [0.15, 0.2) is 0 Å². The van der Waals surface area contributed by atoms with Gasteiger partial charge in [0, 0.05) is 0 Å². The van der Waals surface area contributed by atoms with Crippen LogP contribution >= 0.6 is 0 Å². The third-order valence-electron chi connectivity index (χ3n) is 6.11. The summed E-state index contributed by atoms with van der Waals surface area (Å²) in [5.41, 5.74) is 0. The number of unbranched alkanes of at least 4 members (excludes halogenated alkanes) is 5. The van der Waals surface area contributed by atoms with Crippen molar-refractivity contribution in [3.63, 3.8) is 0 Å². The molecule has 0 aromatic heterocycles. The van der Waals surface area contributed by atoms with Gasteiger partial charge >= 0.3 is 0 Å². The lowest BCUT2D eigenvalue weighted by molar-refractivity contribution is -0.297. The summed E-state index contributed by atoms with van der Waals surface area (Å²) in [6, 6.07) is 0. The molecule has 0 bridgehead atoms. The second kappa shape index (κ2) is 41.5. The maximum atomic E-state index is 8.58. The summed E-state index contributed by atoms with van der Waals surface area (Å²) >= 11 is 0. The van der Waals surface area contributed by atoms with Gasteiger partial charge in [-0.1, -0.05) is 39.0 Å². The van der Waals surface area contributed by atoms with E-state index in [-0.39, 0.29) is 12.7 Å². The Morgan fingerprint density at radius 2 is 0.711 bits per heavy atom. The van der Waals surface area contributed by atoms with Crippen LogP contribution in [-0.4, -0.2) is 157 Å². The minimum absolute atomic E-state index is 0.0267. The maximum absolute atomic E-state index is 8.58. The Kier molecular flexibility index (Phi) is 41.0. The van der Waals surface area contributed by atoms with Crippen molar-refractivity contribution in [1.82, 2.24) is 0 Å². The Balaban J connectivity index is 3.11. The van der Waals surface area contributed by atoms with Gasteiger partial charge in [-0.3, -0.25) is 0 Å². The Labute approximate surface area is 272 Å². The molecule has 45 heavy (non-hydrogen) atoms. The molecule has 0 radical (unpaired) electrons. The molecule has 1 N–H and O–H groups in total. The topological polar surface area (TPSA) is 131 Å². The second-order valence-electron chi connectivity index (χ2n) is 10.1. The van der Waals surface area contributed by atoms with Gasteiger partial charge in [0.05, 0.1) is 151 Å². The molecule has 1 unspecified atom stereocenters. The van der Waals surface area contributed by atoms with E-state index in [1.807, 2.05) is 6.92 Å². The van der Waals surface area contributed by atoms with Crippen LogP contribution in [0, 0.1) is 0 Å². The zero-order valence-corrected chi connectivity index (χ0v) is 28.4. The van der Waals surface area contributed by atoms with E-state index in [0.29, 0.717) is 139 Å². The summed E-state index contributed by atoms with van der Waals surface area (Å²) in [5.74, 6) is 0. The van der Waals surface area contributed by atoms with Gasteiger partial charge in [-0.15, -0.1) is 0 Å². The van der Waals surface area contributed by atoms with Gasteiger partial charge in [0.15, 0.2) is 0 Å². The normalized spacial score (nSPS) is 12.3. The van der Waals surface area contributed by atoms with Crippen molar-refractivity contribution >= 4 is 0 Å². The van der Waals surface area contributed by atoms with Crippen LogP contribution in [0.5, 0.6) is 0 Å². The van der Waals surface area contributed by atoms with E-state index in [9.17, 15) is 0 Å². The number of rotatable bonds is 41. The molecular weight excluding hydrogens is 592 g/mol. The van der Waals surface area contributed by atoms with Gasteiger partial charge in [-0.05, 0) is 19.8 Å². The fraction of sp³-hybridized carbons (Fsp3) is 1.00. The van der Waals surface area contributed by atoms with Crippen molar-refractivity contribution in [3.8, 4) is 0 Å². The number of aliphatic hydroxyl groups is 1. The predicted molar refractivity (Wildman–Crippen MR) is 170 cm³/mol. The summed E-state index contributed by atoms with van der Waals surface area (Å²) in [6.45, 7) is 15.0. The van der Waals surface area contributed by atoms with Crippen LogP contribution < -0.4 is 0 Å². The molecule has 0 aliphatic heterocycles. The molecule has 272 valence electrons. The number of hydrogen-bond acceptors (Lipinski definition) is 13. The van der Waals surface area contributed by atoms with Crippen LogP contribution in [-0.2, 0) is 57.1 Å². The molecule has 0 saturated carbocycles. The van der Waals surface area contributed by atoms with Crippen molar-refractivity contribution in [2.45, 2.75) is 64.9 Å². The van der Waals surface area contributed by atoms with Crippen molar-refractivity contribution < 1.29 is 62.3 Å². The predicted octanol–water partition coefficient (Wildman–Crippen LogP) is 3.23. The van der Waals surface area contributed by atoms with E-state index in [1.54, 1.807) is 0 Å². The Morgan fingerprint density at radius 1 is 0.378 bits per heavy atom. The molecule has 0 aromatic rings. The molecule has 1 atom stereocenters. The molecule has 0 saturated heterocycles. The van der Waals surface area contributed by atoms with Crippen molar-refractivity contribution in [2.75, 3.05) is 145 Å². The van der Waals surface area contributed by atoms with E-state index in [0.717, 1.165) is 12.8 Å². The molecular formula is C32H66O13. The minimum atomic E-state index is 0.0267. The third kappa shape index (κ3) is 41.5. The first-order valence-corrected chi connectivity index (χ1v) is 17.0. The van der Waals surface area contributed by atoms with Crippen LogP contribution in [0.2, 0.25) is 0 Å². The Bertz CT molecular complexity index is 519. The highest BCUT2D eigenvalue weighted by atomic mass is 17.2. The average Bonchev–Trinajstić information content (AvgIpc) is 3.05. The van der Waals surface area contributed by atoms with E-state index in [2.05, 4.69) is 6.92 Å². The smallest absolute Gasteiger partial charge is 0.0846 e. The molecule has 0 fully saturated rings.